The summed E-state index contributed by atoms with van der Waals surface area (Å²) in [6.45, 7) is 3.33. The molecule has 4 nitrogen and oxygen atoms in total. The lowest BCUT2D eigenvalue weighted by Crippen LogP contribution is -2.17. The standard InChI is InChI=1S/C9H9F3O.H3NO2S/c1-6-4-3-5-8(7(6)2)13-9(10,11)12;1-4(2)3/h3-5H,1-2H3;4H,(H2,1,2,3). The molecule has 0 fully saturated rings. The largest absolute Gasteiger partial charge is 0.573 e. The van der Waals surface area contributed by atoms with E-state index < -0.39 is 17.3 Å². The molecule has 0 bridgehead atoms. The van der Waals surface area contributed by atoms with Crippen LogP contribution in [-0.2, 0) is 10.9 Å². The van der Waals surface area contributed by atoms with Crippen LogP contribution in [0.1, 0.15) is 11.1 Å². The van der Waals surface area contributed by atoms with Crippen LogP contribution in [0.2, 0.25) is 0 Å². The number of nitrogens with two attached hydrogens (primary N) is 1. The number of benzene rings is 1. The average Bonchev–Trinajstić information content (AvgIpc) is 2.10. The maximum atomic E-state index is 11.8. The lowest BCUT2D eigenvalue weighted by Gasteiger charge is -2.12. The van der Waals surface area contributed by atoms with Crippen molar-refractivity contribution in [1.29, 1.82) is 0 Å². The van der Waals surface area contributed by atoms with E-state index in [-0.39, 0.29) is 5.75 Å². The minimum absolute atomic E-state index is 0.132. The molecule has 0 radical (unpaired) electrons. The molecule has 0 heterocycles. The normalized spacial score (nSPS) is 10.8. The molecular weight excluding hydrogens is 259 g/mol. The fraction of sp³-hybridized carbons (Fsp3) is 0.333. The van der Waals surface area contributed by atoms with E-state index in [9.17, 15) is 13.2 Å². The first-order valence-corrected chi connectivity index (χ1v) is 5.59. The van der Waals surface area contributed by atoms with Crippen LogP contribution in [0.15, 0.2) is 18.2 Å². The second-order valence-electron chi connectivity index (χ2n) is 3.03. The van der Waals surface area contributed by atoms with Gasteiger partial charge in [-0.05, 0) is 31.0 Å². The Kier molecular flexibility index (Phi) is 5.97. The summed E-state index contributed by atoms with van der Waals surface area (Å²) in [7, 11) is -2.62. The maximum absolute atomic E-state index is 11.8. The first-order valence-electron chi connectivity index (χ1n) is 4.34. The third-order valence-corrected chi connectivity index (χ3v) is 1.78. The van der Waals surface area contributed by atoms with E-state index in [0.717, 1.165) is 5.56 Å². The highest BCUT2D eigenvalue weighted by atomic mass is 32.2. The van der Waals surface area contributed by atoms with Crippen LogP contribution in [0.25, 0.3) is 0 Å². The summed E-state index contributed by atoms with van der Waals surface area (Å²) < 4.78 is 56.9. The molecule has 0 saturated heterocycles. The number of ether oxygens (including phenoxy) is 1. The third kappa shape index (κ3) is 7.58. The van der Waals surface area contributed by atoms with E-state index in [1.807, 2.05) is 0 Å². The van der Waals surface area contributed by atoms with Crippen molar-refractivity contribution in [2.24, 2.45) is 5.14 Å². The molecule has 0 aromatic heterocycles. The maximum Gasteiger partial charge on any atom is 0.573 e. The summed E-state index contributed by atoms with van der Waals surface area (Å²) in [4.78, 5) is 0. The monoisotopic (exact) mass is 271 g/mol. The third-order valence-electron chi connectivity index (χ3n) is 1.78. The fourth-order valence-electron chi connectivity index (χ4n) is 0.959. The van der Waals surface area contributed by atoms with Gasteiger partial charge < -0.3 is 4.74 Å². The Morgan fingerprint density at radius 3 is 2.12 bits per heavy atom. The number of halogens is 3. The van der Waals surface area contributed by atoms with Crippen molar-refractivity contribution in [1.82, 2.24) is 0 Å². The van der Waals surface area contributed by atoms with Crippen LogP contribution in [0.3, 0.4) is 0 Å². The fourth-order valence-corrected chi connectivity index (χ4v) is 0.959. The second-order valence-corrected chi connectivity index (χ2v) is 3.60. The Bertz CT molecular complexity index is 436. The lowest BCUT2D eigenvalue weighted by atomic mass is 10.1. The van der Waals surface area contributed by atoms with Crippen LogP contribution in [-0.4, -0.2) is 14.8 Å². The van der Waals surface area contributed by atoms with Gasteiger partial charge in [-0.15, -0.1) is 13.2 Å². The van der Waals surface area contributed by atoms with Gasteiger partial charge in [-0.1, -0.05) is 12.1 Å². The molecule has 1 aromatic rings. The van der Waals surface area contributed by atoms with Gasteiger partial charge in [0.2, 0.25) is 0 Å². The molecular formula is C9H12F3NO3S. The van der Waals surface area contributed by atoms with Crippen LogP contribution in [0.5, 0.6) is 5.75 Å². The van der Waals surface area contributed by atoms with Gasteiger partial charge in [0.05, 0.1) is 0 Å². The van der Waals surface area contributed by atoms with Crippen molar-refractivity contribution < 1.29 is 26.3 Å². The van der Waals surface area contributed by atoms with Gasteiger partial charge in [0, 0.05) is 0 Å². The van der Waals surface area contributed by atoms with Crippen molar-refractivity contribution in [3.63, 3.8) is 0 Å². The van der Waals surface area contributed by atoms with Crippen molar-refractivity contribution in [2.75, 3.05) is 0 Å². The molecule has 0 amide bonds. The molecule has 0 spiro atoms. The summed E-state index contributed by atoms with van der Waals surface area (Å²) in [5.74, 6) is -0.132. The number of hydrogen-bond acceptors (Lipinski definition) is 3. The van der Waals surface area contributed by atoms with Crippen molar-refractivity contribution >= 4 is 10.9 Å². The van der Waals surface area contributed by atoms with Crippen LogP contribution >= 0.6 is 0 Å². The number of rotatable bonds is 1. The van der Waals surface area contributed by atoms with Gasteiger partial charge in [-0.3, -0.25) is 0 Å². The zero-order valence-electron chi connectivity index (χ0n) is 9.12. The van der Waals surface area contributed by atoms with Crippen molar-refractivity contribution in [3.8, 4) is 5.75 Å². The Balaban J connectivity index is 0.000000557. The first-order chi connectivity index (χ1) is 7.63. The summed E-state index contributed by atoms with van der Waals surface area (Å²) in [6.07, 6.45) is -4.61. The number of aryl methyl sites for hydroxylation is 1. The Morgan fingerprint density at radius 2 is 1.71 bits per heavy atom. The zero-order chi connectivity index (χ0) is 13.6. The molecule has 0 atom stereocenters. The summed E-state index contributed by atoms with van der Waals surface area (Å²) in [5.41, 5.74) is 1.29. The van der Waals surface area contributed by atoms with E-state index in [4.69, 9.17) is 8.42 Å². The molecule has 1 aromatic carbocycles. The van der Waals surface area contributed by atoms with Gasteiger partial charge in [0.1, 0.15) is 5.75 Å². The smallest absolute Gasteiger partial charge is 0.406 e. The Morgan fingerprint density at radius 1 is 1.24 bits per heavy atom. The highest BCUT2D eigenvalue weighted by Crippen LogP contribution is 2.27. The molecule has 2 N–H and O–H groups in total. The minimum atomic E-state index is -4.61. The first kappa shape index (κ1) is 15.7. The number of hydrogen-bond donors (Lipinski definition) is 2. The van der Waals surface area contributed by atoms with Gasteiger partial charge in [-0.2, -0.15) is 0 Å². The van der Waals surface area contributed by atoms with Gasteiger partial charge in [0.15, 0.2) is 10.9 Å². The molecule has 0 saturated carbocycles. The lowest BCUT2D eigenvalue weighted by molar-refractivity contribution is -0.274. The van der Waals surface area contributed by atoms with E-state index in [1.165, 1.54) is 12.1 Å². The van der Waals surface area contributed by atoms with Gasteiger partial charge in [0.25, 0.3) is 0 Å². The van der Waals surface area contributed by atoms with E-state index in [0.29, 0.717) is 5.56 Å². The number of thiol groups is 1. The number of alkyl halides is 3. The zero-order valence-corrected chi connectivity index (χ0v) is 10.0. The topological polar surface area (TPSA) is 69.4 Å². The predicted octanol–water partition coefficient (Wildman–Crippen LogP) is 1.67. The SMILES string of the molecule is Cc1cccc(OC(F)(F)F)c1C.N[SH](=O)=O. The van der Waals surface area contributed by atoms with Crippen molar-refractivity contribution in [3.05, 3.63) is 29.3 Å². The predicted molar refractivity (Wildman–Crippen MR) is 57.1 cm³/mol. The van der Waals surface area contributed by atoms with Crippen molar-refractivity contribution in [2.45, 2.75) is 20.2 Å². The Labute approximate surface area is 98.3 Å². The summed E-state index contributed by atoms with van der Waals surface area (Å²) in [5, 5.41) is 4.06. The van der Waals surface area contributed by atoms with E-state index in [2.05, 4.69) is 9.88 Å². The molecule has 0 unspecified atom stereocenters. The van der Waals surface area contributed by atoms with Crippen LogP contribution in [0, 0.1) is 13.8 Å². The quantitative estimate of drug-likeness (QED) is 0.763. The summed E-state index contributed by atoms with van der Waals surface area (Å²) >= 11 is 0. The highest BCUT2D eigenvalue weighted by Gasteiger charge is 2.31. The molecule has 0 aliphatic carbocycles. The second kappa shape index (κ2) is 6.45. The van der Waals surface area contributed by atoms with Crippen LogP contribution < -0.4 is 9.88 Å². The van der Waals surface area contributed by atoms with E-state index in [1.54, 1.807) is 19.9 Å². The molecule has 8 heteroatoms. The Hall–Kier alpha value is -1.28. The highest BCUT2D eigenvalue weighted by molar-refractivity contribution is 7.69. The molecule has 98 valence electrons. The molecule has 1 rings (SSSR count). The van der Waals surface area contributed by atoms with Gasteiger partial charge >= 0.3 is 6.36 Å². The molecule has 17 heavy (non-hydrogen) atoms. The van der Waals surface area contributed by atoms with Gasteiger partial charge in [-0.25, -0.2) is 13.6 Å². The molecule has 0 aliphatic rings. The minimum Gasteiger partial charge on any atom is -0.406 e. The van der Waals surface area contributed by atoms with Crippen LogP contribution in [0.4, 0.5) is 13.2 Å². The molecule has 0 aliphatic heterocycles. The summed E-state index contributed by atoms with van der Waals surface area (Å²) in [6, 6.07) is 4.57. The van der Waals surface area contributed by atoms with E-state index >= 15 is 0 Å². The average molecular weight is 271 g/mol.